The van der Waals surface area contributed by atoms with Gasteiger partial charge in [0.1, 0.15) is 23.7 Å². The number of carboxylic acids is 2. The summed E-state index contributed by atoms with van der Waals surface area (Å²) in [5.41, 5.74) is -6.38. The number of rotatable bonds is 7. The van der Waals surface area contributed by atoms with Crippen molar-refractivity contribution in [1.82, 2.24) is 10.6 Å². The highest BCUT2D eigenvalue weighted by Gasteiger charge is 2.37. The maximum absolute atomic E-state index is 13.1. The SMILES string of the molecule is C[C@H](NC(=O)c1c(O)sc2ccc(Br)cc2c1=O)C(=O)O.O=C(O)CNC(=O)c1c(O)sc2cc(-c3cc(C(F)(F)F)cc(C(F)(F)F)c3)ccc2c1=O. The maximum atomic E-state index is 13.1. The smallest absolute Gasteiger partial charge is 0.416 e. The molecule has 0 aliphatic rings. The average Bonchev–Trinajstić information content (AvgIpc) is 3.06. The largest absolute Gasteiger partial charge is 0.499 e. The molecular formula is C33H21BrF6N2O10S2. The van der Waals surface area contributed by atoms with Crippen molar-refractivity contribution in [3.8, 4) is 21.3 Å². The molecule has 0 bridgehead atoms. The number of fused-ring (bicyclic) bond motifs is 2. The monoisotopic (exact) mass is 862 g/mol. The number of aliphatic carboxylic acids is 2. The van der Waals surface area contributed by atoms with Gasteiger partial charge < -0.3 is 31.1 Å². The molecule has 1 atom stereocenters. The Morgan fingerprint density at radius 1 is 0.722 bits per heavy atom. The van der Waals surface area contributed by atoms with Crippen LogP contribution in [0.15, 0.2) is 68.7 Å². The van der Waals surface area contributed by atoms with Gasteiger partial charge in [0.05, 0.1) is 11.1 Å². The Morgan fingerprint density at radius 2 is 1.26 bits per heavy atom. The third-order valence-electron chi connectivity index (χ3n) is 7.20. The molecule has 0 aliphatic carbocycles. The maximum Gasteiger partial charge on any atom is 0.416 e. The van der Waals surface area contributed by atoms with Gasteiger partial charge in [0.2, 0.25) is 10.9 Å². The van der Waals surface area contributed by atoms with Gasteiger partial charge in [0.25, 0.3) is 11.8 Å². The fraction of sp³-hybridized carbons (Fsp3) is 0.152. The van der Waals surface area contributed by atoms with E-state index in [4.69, 9.17) is 10.2 Å². The molecule has 2 aromatic heterocycles. The number of benzene rings is 3. The molecule has 0 saturated carbocycles. The number of carboxylic acid groups (broad SMARTS) is 2. The fourth-order valence-electron chi connectivity index (χ4n) is 4.61. The molecule has 6 N–H and O–H groups in total. The summed E-state index contributed by atoms with van der Waals surface area (Å²) in [4.78, 5) is 70.2. The number of carbonyl (C=O) groups excluding carboxylic acids is 2. The molecule has 0 spiro atoms. The Hall–Kier alpha value is -5.54. The first-order valence-electron chi connectivity index (χ1n) is 14.6. The van der Waals surface area contributed by atoms with Crippen molar-refractivity contribution in [3.05, 3.63) is 102 Å². The molecule has 2 amide bonds. The minimum absolute atomic E-state index is 0.0171. The van der Waals surface area contributed by atoms with Crippen LogP contribution in [0.3, 0.4) is 0 Å². The van der Waals surface area contributed by atoms with Gasteiger partial charge in [-0.25, -0.2) is 0 Å². The zero-order valence-corrected chi connectivity index (χ0v) is 29.9. The molecule has 3 aromatic carbocycles. The highest BCUT2D eigenvalue weighted by Crippen LogP contribution is 2.40. The van der Waals surface area contributed by atoms with Crippen molar-refractivity contribution in [3.63, 3.8) is 0 Å². The van der Waals surface area contributed by atoms with Gasteiger partial charge in [0.15, 0.2) is 10.1 Å². The van der Waals surface area contributed by atoms with Crippen molar-refractivity contribution in [1.29, 1.82) is 0 Å². The van der Waals surface area contributed by atoms with E-state index >= 15 is 0 Å². The van der Waals surface area contributed by atoms with E-state index in [9.17, 15) is 65.3 Å². The van der Waals surface area contributed by atoms with Gasteiger partial charge in [-0.1, -0.05) is 44.7 Å². The van der Waals surface area contributed by atoms with Crippen molar-refractivity contribution in [2.75, 3.05) is 6.54 Å². The van der Waals surface area contributed by atoms with Crippen LogP contribution in [0, 0.1) is 0 Å². The zero-order valence-electron chi connectivity index (χ0n) is 26.7. The molecule has 0 aliphatic heterocycles. The number of amides is 2. The molecule has 21 heteroatoms. The third-order valence-corrected chi connectivity index (χ3v) is 9.62. The first kappa shape index (κ1) is 41.2. The van der Waals surface area contributed by atoms with Crippen molar-refractivity contribution in [2.24, 2.45) is 0 Å². The molecule has 0 saturated heterocycles. The first-order valence-corrected chi connectivity index (χ1v) is 17.0. The first-order chi connectivity index (χ1) is 25.0. The summed E-state index contributed by atoms with van der Waals surface area (Å²) < 4.78 is 80.0. The van der Waals surface area contributed by atoms with Crippen molar-refractivity contribution >= 4 is 82.5 Å². The molecule has 0 radical (unpaired) electrons. The molecule has 54 heavy (non-hydrogen) atoms. The molecule has 0 fully saturated rings. The summed E-state index contributed by atoms with van der Waals surface area (Å²) in [6.45, 7) is 0.444. The second-order valence-electron chi connectivity index (χ2n) is 11.0. The standard InChI is InChI=1S/C20H11F6NO5S.C13H10BrNO5S/c21-19(22,23)10-3-9(4-11(6-10)20(24,25)26)8-1-2-12-13(5-8)33-18(32)15(16(12)30)17(31)27-7-14(28)29;1-5(12(18)19)15-11(17)9-10(16)7-4-6(14)2-3-8(7)21-13(9)20/h1-6,32H,7H2,(H,27,31)(H,28,29);2-5,20H,1H3,(H,15,17)(H,18,19)/t;5-/m.0/s1. The normalized spacial score (nSPS) is 12.1. The highest BCUT2D eigenvalue weighted by molar-refractivity contribution is 9.10. The van der Waals surface area contributed by atoms with Crippen LogP contribution in [0.4, 0.5) is 26.3 Å². The molecule has 0 unspecified atom stereocenters. The summed E-state index contributed by atoms with van der Waals surface area (Å²) >= 11 is 4.59. The van der Waals surface area contributed by atoms with Crippen LogP contribution >= 0.6 is 38.6 Å². The molecule has 284 valence electrons. The number of halogens is 7. The van der Waals surface area contributed by atoms with Gasteiger partial charge in [-0.15, -0.1) is 0 Å². The number of hydrogen-bond donors (Lipinski definition) is 6. The lowest BCUT2D eigenvalue weighted by molar-refractivity contribution is -0.143. The second kappa shape index (κ2) is 15.8. The minimum Gasteiger partial charge on any atom is -0.499 e. The predicted molar refractivity (Wildman–Crippen MR) is 187 cm³/mol. The van der Waals surface area contributed by atoms with Gasteiger partial charge in [-0.05, 0) is 66.6 Å². The Kier molecular flexibility index (Phi) is 12.1. The van der Waals surface area contributed by atoms with E-state index in [1.54, 1.807) is 18.2 Å². The third kappa shape index (κ3) is 9.33. The van der Waals surface area contributed by atoms with Gasteiger partial charge in [-0.2, -0.15) is 26.3 Å². The van der Waals surface area contributed by atoms with Crippen LogP contribution in [0.25, 0.3) is 31.3 Å². The summed E-state index contributed by atoms with van der Waals surface area (Å²) in [6.07, 6.45) is -10.1. The van der Waals surface area contributed by atoms with Crippen LogP contribution in [0.1, 0.15) is 38.8 Å². The summed E-state index contributed by atoms with van der Waals surface area (Å²) in [7, 11) is 0. The lowest BCUT2D eigenvalue weighted by atomic mass is 9.98. The van der Waals surface area contributed by atoms with E-state index < -0.39 is 97.5 Å². The van der Waals surface area contributed by atoms with E-state index in [1.165, 1.54) is 6.92 Å². The quantitative estimate of drug-likeness (QED) is 0.0991. The summed E-state index contributed by atoms with van der Waals surface area (Å²) in [5, 5.41) is 40.3. The number of carbonyl (C=O) groups is 4. The fourth-order valence-corrected chi connectivity index (χ4v) is 6.82. The van der Waals surface area contributed by atoms with E-state index in [-0.39, 0.29) is 27.1 Å². The van der Waals surface area contributed by atoms with E-state index in [0.717, 1.165) is 29.5 Å². The topological polar surface area (TPSA) is 207 Å². The predicted octanol–water partition coefficient (Wildman–Crippen LogP) is 6.42. The van der Waals surface area contributed by atoms with Crippen LogP contribution < -0.4 is 21.5 Å². The average molecular weight is 864 g/mol. The second-order valence-corrected chi connectivity index (χ2v) is 14.0. The van der Waals surface area contributed by atoms with Gasteiger partial charge >= 0.3 is 24.3 Å². The van der Waals surface area contributed by atoms with Crippen LogP contribution in [-0.4, -0.2) is 56.8 Å². The molecular weight excluding hydrogens is 842 g/mol. The summed E-state index contributed by atoms with van der Waals surface area (Å²) in [6, 6.07) is 8.06. The zero-order chi connectivity index (χ0) is 40.4. The lowest BCUT2D eigenvalue weighted by Gasteiger charge is -2.14. The molecule has 5 aromatic rings. The molecule has 2 heterocycles. The van der Waals surface area contributed by atoms with Gasteiger partial charge in [0, 0.05) is 24.6 Å². The Balaban J connectivity index is 0.000000266. The van der Waals surface area contributed by atoms with Gasteiger partial charge in [-0.3, -0.25) is 28.8 Å². The number of alkyl halides is 6. The van der Waals surface area contributed by atoms with E-state index in [2.05, 4.69) is 21.2 Å². The Labute approximate surface area is 313 Å². The number of aromatic hydroxyl groups is 2. The highest BCUT2D eigenvalue weighted by atomic mass is 79.9. The minimum atomic E-state index is -5.05. The van der Waals surface area contributed by atoms with Crippen molar-refractivity contribution in [2.45, 2.75) is 25.3 Å². The summed E-state index contributed by atoms with van der Waals surface area (Å²) in [5.74, 6) is -4.70. The van der Waals surface area contributed by atoms with Crippen molar-refractivity contribution < 1.29 is 65.9 Å². The van der Waals surface area contributed by atoms with E-state index in [1.807, 2.05) is 5.32 Å². The van der Waals surface area contributed by atoms with Crippen LogP contribution in [-0.2, 0) is 21.9 Å². The number of hydrogen-bond acceptors (Lipinski definition) is 10. The Bertz CT molecular complexity index is 2430. The Morgan fingerprint density at radius 3 is 1.80 bits per heavy atom. The number of nitrogens with one attached hydrogen (secondary N) is 2. The van der Waals surface area contributed by atoms with E-state index in [0.29, 0.717) is 32.6 Å². The van der Waals surface area contributed by atoms with Crippen LogP contribution in [0.2, 0.25) is 0 Å². The van der Waals surface area contributed by atoms with Crippen LogP contribution in [0.5, 0.6) is 10.1 Å². The molecule has 12 nitrogen and oxygen atoms in total. The molecule has 5 rings (SSSR count). The lowest BCUT2D eigenvalue weighted by Crippen LogP contribution is -2.40.